The minimum atomic E-state index is 0.658. The third-order valence-electron chi connectivity index (χ3n) is 11.3. The summed E-state index contributed by atoms with van der Waals surface area (Å²) in [5, 5.41) is 13.4. The second-order valence-corrected chi connectivity index (χ2v) is 14.2. The van der Waals surface area contributed by atoms with E-state index >= 15 is 0 Å². The average molecular weight is 687 g/mol. The van der Waals surface area contributed by atoms with Crippen molar-refractivity contribution in [2.45, 2.75) is 0 Å². The topological polar surface area (TPSA) is 35.6 Å². The van der Waals surface area contributed by atoms with Crippen molar-refractivity contribution in [1.29, 1.82) is 0 Å². The van der Waals surface area contributed by atoms with E-state index in [9.17, 15) is 0 Å². The molecular weight excluding hydrogens is 657 g/mol. The first-order chi connectivity index (χ1) is 26.8. The van der Waals surface area contributed by atoms with Gasteiger partial charge in [-0.3, -0.25) is 4.57 Å². The van der Waals surface area contributed by atoms with E-state index in [-0.39, 0.29) is 0 Å². The number of fused-ring (bicyclic) bond motifs is 13. The van der Waals surface area contributed by atoms with E-state index in [1.165, 1.54) is 59.5 Å². The molecule has 54 heavy (non-hydrogen) atoms. The summed E-state index contributed by atoms with van der Waals surface area (Å²) >= 11 is 0. The quantitative estimate of drug-likeness (QED) is 0.185. The molecule has 0 aliphatic carbocycles. The molecule has 0 fully saturated rings. The van der Waals surface area contributed by atoms with Crippen molar-refractivity contribution < 1.29 is 0 Å². The molecular formula is C50H30N4. The highest BCUT2D eigenvalue weighted by Gasteiger charge is 2.22. The number of hydrogen-bond donors (Lipinski definition) is 0. The van der Waals surface area contributed by atoms with Gasteiger partial charge in [-0.1, -0.05) is 140 Å². The zero-order valence-corrected chi connectivity index (χ0v) is 29.1. The summed E-state index contributed by atoms with van der Waals surface area (Å²) in [4.78, 5) is 10.6. The second kappa shape index (κ2) is 11.1. The van der Waals surface area contributed by atoms with Crippen molar-refractivity contribution >= 4 is 86.8 Å². The fraction of sp³-hybridized carbons (Fsp3) is 0. The van der Waals surface area contributed by atoms with Crippen molar-refractivity contribution in [2.75, 3.05) is 0 Å². The van der Waals surface area contributed by atoms with Crippen LogP contribution in [0.2, 0.25) is 0 Å². The molecule has 250 valence electrons. The lowest BCUT2D eigenvalue weighted by Crippen LogP contribution is -2.03. The van der Waals surface area contributed by atoms with Crippen LogP contribution in [0.4, 0.5) is 0 Å². The predicted octanol–water partition coefficient (Wildman–Crippen LogP) is 13.0. The summed E-state index contributed by atoms with van der Waals surface area (Å²) in [6.07, 6.45) is 0. The molecule has 4 nitrogen and oxygen atoms in total. The summed E-state index contributed by atoms with van der Waals surface area (Å²) in [7, 11) is 0. The van der Waals surface area contributed by atoms with Gasteiger partial charge in [-0.15, -0.1) is 0 Å². The zero-order chi connectivity index (χ0) is 35.3. The minimum Gasteiger partial charge on any atom is -0.309 e. The zero-order valence-electron chi connectivity index (χ0n) is 29.1. The summed E-state index contributed by atoms with van der Waals surface area (Å²) in [6, 6.07) is 65.4. The van der Waals surface area contributed by atoms with E-state index in [0.29, 0.717) is 5.95 Å². The molecule has 0 aliphatic rings. The predicted molar refractivity (Wildman–Crippen MR) is 226 cm³/mol. The molecule has 0 spiro atoms. The van der Waals surface area contributed by atoms with E-state index in [1.54, 1.807) is 0 Å². The molecule has 0 radical (unpaired) electrons. The van der Waals surface area contributed by atoms with Crippen LogP contribution in [-0.2, 0) is 0 Å². The number of rotatable bonds is 3. The van der Waals surface area contributed by atoms with Gasteiger partial charge >= 0.3 is 0 Å². The van der Waals surface area contributed by atoms with Crippen LogP contribution in [-0.4, -0.2) is 19.1 Å². The summed E-state index contributed by atoms with van der Waals surface area (Å²) in [6.45, 7) is 0. The summed E-state index contributed by atoms with van der Waals surface area (Å²) in [5.74, 6) is 0.658. The van der Waals surface area contributed by atoms with Crippen LogP contribution in [0.25, 0.3) is 110 Å². The van der Waals surface area contributed by atoms with Crippen LogP contribution in [0.1, 0.15) is 0 Å². The van der Waals surface area contributed by atoms with Crippen LogP contribution in [0.15, 0.2) is 182 Å². The molecule has 3 aromatic heterocycles. The fourth-order valence-electron chi connectivity index (χ4n) is 8.94. The van der Waals surface area contributed by atoms with Crippen LogP contribution in [0, 0.1) is 0 Å². The van der Waals surface area contributed by atoms with Crippen molar-refractivity contribution in [3.8, 4) is 22.9 Å². The lowest BCUT2D eigenvalue weighted by molar-refractivity contribution is 1.01. The Bertz CT molecular complexity index is 3410. The van der Waals surface area contributed by atoms with E-state index in [2.05, 4.69) is 185 Å². The van der Waals surface area contributed by atoms with Gasteiger partial charge in [-0.2, -0.15) is 0 Å². The van der Waals surface area contributed by atoms with E-state index < -0.39 is 0 Å². The Balaban J connectivity index is 1.21. The lowest BCUT2D eigenvalue weighted by atomic mass is 10.00. The average Bonchev–Trinajstić information content (AvgIpc) is 3.77. The maximum absolute atomic E-state index is 5.35. The smallest absolute Gasteiger partial charge is 0.235 e. The molecule has 12 aromatic rings. The largest absolute Gasteiger partial charge is 0.309 e. The third-order valence-corrected chi connectivity index (χ3v) is 11.3. The molecule has 4 heteroatoms. The molecule has 0 N–H and O–H groups in total. The maximum Gasteiger partial charge on any atom is 0.235 e. The van der Waals surface area contributed by atoms with Gasteiger partial charge in [0.25, 0.3) is 0 Å². The van der Waals surface area contributed by atoms with Crippen molar-refractivity contribution in [3.05, 3.63) is 182 Å². The number of para-hydroxylation sites is 1. The second-order valence-electron chi connectivity index (χ2n) is 14.2. The number of aromatic nitrogens is 4. The molecule has 9 aromatic carbocycles. The van der Waals surface area contributed by atoms with Crippen LogP contribution in [0.5, 0.6) is 0 Å². The van der Waals surface area contributed by atoms with Crippen molar-refractivity contribution in [1.82, 2.24) is 19.1 Å². The SMILES string of the molecule is c1ccc(-c2nc(-n3c4ccc(-n5c6ccc7ccccc7c6c6c7ccccc7ccc65)cc4c4c5ccccc5ccc43)nc3ccccc23)cc1. The molecule has 0 atom stereocenters. The Morgan fingerprint density at radius 1 is 0.333 bits per heavy atom. The normalized spacial score (nSPS) is 12.1. The summed E-state index contributed by atoms with van der Waals surface area (Å²) < 4.78 is 4.71. The highest BCUT2D eigenvalue weighted by Crippen LogP contribution is 2.43. The van der Waals surface area contributed by atoms with Crippen molar-refractivity contribution in [3.63, 3.8) is 0 Å². The number of benzene rings is 9. The van der Waals surface area contributed by atoms with Gasteiger partial charge in [-0.05, 0) is 74.8 Å². The standard InChI is InChI=1S/C50H30N4/c1-2-15-34(16-3-1)49-39-20-10-11-21-41(39)51-50(52-49)54-42-29-25-35(30-40(42)46-36-17-7-4-12-31(36)22-26-43(46)54)53-44-27-23-32-13-5-8-18-37(32)47(44)48-38-19-9-6-14-33(38)24-28-45(48)53/h1-30H. The molecule has 0 unspecified atom stereocenters. The molecule has 0 saturated carbocycles. The van der Waals surface area contributed by atoms with Gasteiger partial charge in [0, 0.05) is 38.2 Å². The third kappa shape index (κ3) is 4.08. The van der Waals surface area contributed by atoms with Gasteiger partial charge in [0.2, 0.25) is 5.95 Å². The number of nitrogens with zero attached hydrogens (tertiary/aromatic N) is 4. The van der Waals surface area contributed by atoms with Gasteiger partial charge in [0.15, 0.2) is 0 Å². The Morgan fingerprint density at radius 2 is 0.833 bits per heavy atom. The van der Waals surface area contributed by atoms with Crippen LogP contribution < -0.4 is 0 Å². The Kier molecular flexibility index (Phi) is 6.02. The lowest BCUT2D eigenvalue weighted by Gasteiger charge is -2.12. The van der Waals surface area contributed by atoms with E-state index in [0.717, 1.165) is 44.3 Å². The highest BCUT2D eigenvalue weighted by atomic mass is 15.2. The van der Waals surface area contributed by atoms with Gasteiger partial charge in [0.05, 0.1) is 33.3 Å². The van der Waals surface area contributed by atoms with E-state index in [1.807, 2.05) is 6.07 Å². The van der Waals surface area contributed by atoms with Crippen LogP contribution in [0.3, 0.4) is 0 Å². The first-order valence-electron chi connectivity index (χ1n) is 18.4. The first kappa shape index (κ1) is 29.3. The molecule has 3 heterocycles. The Morgan fingerprint density at radius 3 is 1.46 bits per heavy atom. The Labute approximate surface area is 309 Å². The van der Waals surface area contributed by atoms with E-state index in [4.69, 9.17) is 9.97 Å². The molecule has 0 bridgehead atoms. The maximum atomic E-state index is 5.35. The fourth-order valence-corrected chi connectivity index (χ4v) is 8.94. The first-order valence-corrected chi connectivity index (χ1v) is 18.4. The minimum absolute atomic E-state index is 0.658. The Hall–Kier alpha value is -7.30. The summed E-state index contributed by atoms with van der Waals surface area (Å²) in [5.41, 5.74) is 8.55. The molecule has 0 saturated heterocycles. The van der Waals surface area contributed by atoms with Gasteiger partial charge in [0.1, 0.15) is 0 Å². The van der Waals surface area contributed by atoms with Gasteiger partial charge in [-0.25, -0.2) is 9.97 Å². The molecule has 0 amide bonds. The molecule has 12 rings (SSSR count). The monoisotopic (exact) mass is 686 g/mol. The van der Waals surface area contributed by atoms with Crippen molar-refractivity contribution in [2.24, 2.45) is 0 Å². The van der Waals surface area contributed by atoms with Crippen LogP contribution >= 0.6 is 0 Å². The number of hydrogen-bond acceptors (Lipinski definition) is 2. The van der Waals surface area contributed by atoms with Gasteiger partial charge < -0.3 is 4.57 Å². The molecule has 0 aliphatic heterocycles. The highest BCUT2D eigenvalue weighted by molar-refractivity contribution is 6.29.